The SMILES string of the molecule is CCC/C=C/C1CCC(N)CC1. The minimum Gasteiger partial charge on any atom is -0.328 e. The summed E-state index contributed by atoms with van der Waals surface area (Å²) in [4.78, 5) is 0. The molecule has 1 saturated carbocycles. The van der Waals surface area contributed by atoms with E-state index < -0.39 is 0 Å². The van der Waals surface area contributed by atoms with Crippen LogP contribution >= 0.6 is 0 Å². The van der Waals surface area contributed by atoms with Crippen molar-refractivity contribution in [3.8, 4) is 0 Å². The molecular weight excluding hydrogens is 146 g/mol. The van der Waals surface area contributed by atoms with Crippen LogP contribution in [0.2, 0.25) is 0 Å². The Bertz CT molecular complexity index is 132. The fourth-order valence-corrected chi connectivity index (χ4v) is 1.79. The fraction of sp³-hybridized carbons (Fsp3) is 0.818. The van der Waals surface area contributed by atoms with Gasteiger partial charge in [0.2, 0.25) is 0 Å². The van der Waals surface area contributed by atoms with Crippen molar-refractivity contribution in [2.75, 3.05) is 0 Å². The topological polar surface area (TPSA) is 26.0 Å². The highest BCUT2D eigenvalue weighted by Gasteiger charge is 2.15. The van der Waals surface area contributed by atoms with Gasteiger partial charge in [-0.05, 0) is 38.0 Å². The minimum absolute atomic E-state index is 0.487. The summed E-state index contributed by atoms with van der Waals surface area (Å²) in [5.74, 6) is 0.830. The summed E-state index contributed by atoms with van der Waals surface area (Å²) in [6.07, 6.45) is 12.3. The van der Waals surface area contributed by atoms with E-state index in [1.54, 1.807) is 0 Å². The molecule has 0 atom stereocenters. The molecule has 1 aliphatic rings. The highest BCUT2D eigenvalue weighted by molar-refractivity contribution is 4.91. The molecule has 70 valence electrons. The van der Waals surface area contributed by atoms with Gasteiger partial charge in [0.25, 0.3) is 0 Å². The van der Waals surface area contributed by atoms with Crippen molar-refractivity contribution in [3.05, 3.63) is 12.2 Å². The molecule has 1 fully saturated rings. The third kappa shape index (κ3) is 3.40. The molecule has 0 heterocycles. The van der Waals surface area contributed by atoms with Crippen molar-refractivity contribution in [2.45, 2.75) is 51.5 Å². The summed E-state index contributed by atoms with van der Waals surface area (Å²) in [5, 5.41) is 0. The zero-order chi connectivity index (χ0) is 8.81. The van der Waals surface area contributed by atoms with Crippen LogP contribution in [0.15, 0.2) is 12.2 Å². The van der Waals surface area contributed by atoms with Gasteiger partial charge in [0.15, 0.2) is 0 Å². The van der Waals surface area contributed by atoms with Crippen molar-refractivity contribution in [1.82, 2.24) is 0 Å². The van der Waals surface area contributed by atoms with Crippen molar-refractivity contribution in [1.29, 1.82) is 0 Å². The van der Waals surface area contributed by atoms with Gasteiger partial charge in [0, 0.05) is 6.04 Å². The van der Waals surface area contributed by atoms with E-state index in [0.717, 1.165) is 5.92 Å². The lowest BCUT2D eigenvalue weighted by atomic mass is 9.86. The van der Waals surface area contributed by atoms with Gasteiger partial charge >= 0.3 is 0 Å². The van der Waals surface area contributed by atoms with Crippen LogP contribution in [0.4, 0.5) is 0 Å². The van der Waals surface area contributed by atoms with Crippen molar-refractivity contribution in [3.63, 3.8) is 0 Å². The van der Waals surface area contributed by atoms with Gasteiger partial charge < -0.3 is 5.73 Å². The van der Waals surface area contributed by atoms with Crippen LogP contribution in [0.25, 0.3) is 0 Å². The number of rotatable bonds is 3. The molecule has 0 aromatic rings. The van der Waals surface area contributed by atoms with Crippen molar-refractivity contribution < 1.29 is 0 Å². The van der Waals surface area contributed by atoms with Gasteiger partial charge in [-0.3, -0.25) is 0 Å². The molecule has 0 aromatic carbocycles. The average Bonchev–Trinajstić information content (AvgIpc) is 2.09. The second-order valence-corrected chi connectivity index (χ2v) is 3.89. The Morgan fingerprint density at radius 3 is 2.50 bits per heavy atom. The number of unbranched alkanes of at least 4 members (excludes halogenated alkanes) is 1. The Hall–Kier alpha value is -0.300. The third-order valence-electron chi connectivity index (χ3n) is 2.68. The largest absolute Gasteiger partial charge is 0.328 e. The fourth-order valence-electron chi connectivity index (χ4n) is 1.79. The number of hydrogen-bond acceptors (Lipinski definition) is 1. The molecule has 0 spiro atoms. The Morgan fingerprint density at radius 2 is 1.92 bits per heavy atom. The van der Waals surface area contributed by atoms with E-state index in [1.807, 2.05) is 0 Å². The summed E-state index contributed by atoms with van der Waals surface area (Å²) < 4.78 is 0. The second-order valence-electron chi connectivity index (χ2n) is 3.89. The van der Waals surface area contributed by atoms with E-state index in [1.165, 1.54) is 38.5 Å². The Morgan fingerprint density at radius 1 is 1.25 bits per heavy atom. The molecule has 1 aliphatic carbocycles. The molecule has 1 rings (SSSR count). The summed E-state index contributed by atoms with van der Waals surface area (Å²) in [7, 11) is 0. The molecule has 0 unspecified atom stereocenters. The predicted octanol–water partition coefficient (Wildman–Crippen LogP) is 2.86. The first-order chi connectivity index (χ1) is 5.83. The first-order valence-electron chi connectivity index (χ1n) is 5.25. The standard InChI is InChI=1S/C11H21N/c1-2-3-4-5-10-6-8-11(12)9-7-10/h4-5,10-11H,2-3,6-9,12H2,1H3/b5-4+. The van der Waals surface area contributed by atoms with E-state index >= 15 is 0 Å². The summed E-state index contributed by atoms with van der Waals surface area (Å²) in [6, 6.07) is 0.487. The van der Waals surface area contributed by atoms with E-state index in [2.05, 4.69) is 19.1 Å². The minimum atomic E-state index is 0.487. The van der Waals surface area contributed by atoms with Gasteiger partial charge in [-0.15, -0.1) is 0 Å². The highest BCUT2D eigenvalue weighted by Crippen LogP contribution is 2.24. The zero-order valence-electron chi connectivity index (χ0n) is 8.13. The molecular formula is C11H21N. The van der Waals surface area contributed by atoms with Crippen LogP contribution in [0.5, 0.6) is 0 Å². The molecule has 0 amide bonds. The molecule has 0 aromatic heterocycles. The van der Waals surface area contributed by atoms with Gasteiger partial charge in [-0.2, -0.15) is 0 Å². The molecule has 12 heavy (non-hydrogen) atoms. The lowest BCUT2D eigenvalue weighted by Gasteiger charge is -2.23. The Kier molecular flexibility index (Phi) is 4.37. The molecule has 0 saturated heterocycles. The molecule has 0 aliphatic heterocycles. The average molecular weight is 167 g/mol. The molecule has 2 N–H and O–H groups in total. The number of nitrogens with two attached hydrogens (primary N) is 1. The normalized spacial score (nSPS) is 31.2. The van der Waals surface area contributed by atoms with Crippen LogP contribution in [0, 0.1) is 5.92 Å². The zero-order valence-corrected chi connectivity index (χ0v) is 8.13. The lowest BCUT2D eigenvalue weighted by Crippen LogP contribution is -2.25. The summed E-state index contributed by atoms with van der Waals surface area (Å²) >= 11 is 0. The van der Waals surface area contributed by atoms with Gasteiger partial charge in [0.1, 0.15) is 0 Å². The van der Waals surface area contributed by atoms with Crippen molar-refractivity contribution in [2.24, 2.45) is 11.7 Å². The Labute approximate surface area is 76.0 Å². The van der Waals surface area contributed by atoms with Gasteiger partial charge in [-0.25, -0.2) is 0 Å². The quantitative estimate of drug-likeness (QED) is 0.643. The third-order valence-corrected chi connectivity index (χ3v) is 2.68. The van der Waals surface area contributed by atoms with E-state index in [9.17, 15) is 0 Å². The maximum Gasteiger partial charge on any atom is 0.00392 e. The monoisotopic (exact) mass is 167 g/mol. The lowest BCUT2D eigenvalue weighted by molar-refractivity contribution is 0.375. The predicted molar refractivity (Wildman–Crippen MR) is 54.0 cm³/mol. The van der Waals surface area contributed by atoms with E-state index in [4.69, 9.17) is 5.73 Å². The van der Waals surface area contributed by atoms with Crippen LogP contribution in [-0.2, 0) is 0 Å². The van der Waals surface area contributed by atoms with Crippen molar-refractivity contribution >= 4 is 0 Å². The maximum absolute atomic E-state index is 5.83. The smallest absolute Gasteiger partial charge is 0.00392 e. The maximum atomic E-state index is 5.83. The van der Waals surface area contributed by atoms with Gasteiger partial charge in [0.05, 0.1) is 0 Å². The van der Waals surface area contributed by atoms with Crippen LogP contribution < -0.4 is 5.73 Å². The second kappa shape index (κ2) is 5.36. The van der Waals surface area contributed by atoms with Crippen LogP contribution in [0.3, 0.4) is 0 Å². The van der Waals surface area contributed by atoms with Crippen LogP contribution in [-0.4, -0.2) is 6.04 Å². The summed E-state index contributed by atoms with van der Waals surface area (Å²) in [5.41, 5.74) is 5.83. The molecule has 0 radical (unpaired) electrons. The van der Waals surface area contributed by atoms with E-state index in [-0.39, 0.29) is 0 Å². The first-order valence-corrected chi connectivity index (χ1v) is 5.25. The highest BCUT2D eigenvalue weighted by atomic mass is 14.6. The molecule has 0 bridgehead atoms. The number of hydrogen-bond donors (Lipinski definition) is 1. The molecule has 1 nitrogen and oxygen atoms in total. The van der Waals surface area contributed by atoms with Crippen LogP contribution in [0.1, 0.15) is 45.4 Å². The number of allylic oxidation sites excluding steroid dienone is 2. The first kappa shape index (κ1) is 9.79. The molecule has 1 heteroatoms. The van der Waals surface area contributed by atoms with E-state index in [0.29, 0.717) is 6.04 Å². The Balaban J connectivity index is 2.17. The van der Waals surface area contributed by atoms with Gasteiger partial charge in [-0.1, -0.05) is 25.5 Å². The summed E-state index contributed by atoms with van der Waals surface area (Å²) in [6.45, 7) is 2.22.